The average molecular weight is 285 g/mol. The van der Waals surface area contributed by atoms with Crippen LogP contribution >= 0.6 is 0 Å². The molecule has 0 unspecified atom stereocenters. The van der Waals surface area contributed by atoms with Crippen LogP contribution in [0.2, 0.25) is 0 Å². The van der Waals surface area contributed by atoms with Crippen molar-refractivity contribution in [3.8, 4) is 5.75 Å². The van der Waals surface area contributed by atoms with Gasteiger partial charge in [0.2, 0.25) is 0 Å². The first-order chi connectivity index (χ1) is 9.36. The van der Waals surface area contributed by atoms with E-state index >= 15 is 0 Å². The minimum Gasteiger partial charge on any atom is -0.489 e. The van der Waals surface area contributed by atoms with Crippen LogP contribution in [0.15, 0.2) is 42.5 Å². The molecule has 6 heteroatoms. The molecule has 20 heavy (non-hydrogen) atoms. The third-order valence-electron chi connectivity index (χ3n) is 2.63. The molecule has 0 aromatic heterocycles. The summed E-state index contributed by atoms with van der Waals surface area (Å²) < 4.78 is 56.6. The zero-order valence-electron chi connectivity index (χ0n) is 10.2. The fourth-order valence-electron chi connectivity index (χ4n) is 1.70. The standard InChI is InChI=1S/C14H11F4NO/c15-10-2-1-3-12(6-10)20-8-9-4-5-11(19)7-13(9)14(16,17)18/h1-7H,8,19H2. The minimum absolute atomic E-state index is 0.0202. The summed E-state index contributed by atoms with van der Waals surface area (Å²) in [6, 6.07) is 8.66. The fraction of sp³-hybridized carbons (Fsp3) is 0.143. The van der Waals surface area contributed by atoms with E-state index in [-0.39, 0.29) is 23.6 Å². The number of hydrogen-bond donors (Lipinski definition) is 1. The summed E-state index contributed by atoms with van der Waals surface area (Å²) in [5, 5.41) is 0. The third kappa shape index (κ3) is 3.40. The second-order valence-corrected chi connectivity index (χ2v) is 4.16. The van der Waals surface area contributed by atoms with E-state index in [1.54, 1.807) is 0 Å². The Morgan fingerprint density at radius 3 is 2.45 bits per heavy atom. The highest BCUT2D eigenvalue weighted by Crippen LogP contribution is 2.33. The molecule has 2 nitrogen and oxygen atoms in total. The predicted octanol–water partition coefficient (Wildman–Crippen LogP) is 4.01. The first-order valence-corrected chi connectivity index (χ1v) is 5.70. The van der Waals surface area contributed by atoms with Crippen LogP contribution in [0.5, 0.6) is 5.75 Å². The van der Waals surface area contributed by atoms with E-state index < -0.39 is 17.6 Å². The Bertz CT molecular complexity index is 610. The molecule has 0 saturated carbocycles. The number of nitrogen functional groups attached to an aromatic ring is 1. The largest absolute Gasteiger partial charge is 0.489 e. The SMILES string of the molecule is Nc1ccc(COc2cccc(F)c2)c(C(F)(F)F)c1. The summed E-state index contributed by atoms with van der Waals surface area (Å²) in [5.74, 6) is -0.356. The highest BCUT2D eigenvalue weighted by molar-refractivity contribution is 5.46. The zero-order chi connectivity index (χ0) is 14.8. The summed E-state index contributed by atoms with van der Waals surface area (Å²) in [7, 11) is 0. The van der Waals surface area contributed by atoms with Crippen LogP contribution in [0, 0.1) is 5.82 Å². The third-order valence-corrected chi connectivity index (χ3v) is 2.63. The number of hydrogen-bond acceptors (Lipinski definition) is 2. The van der Waals surface area contributed by atoms with E-state index in [0.29, 0.717) is 0 Å². The van der Waals surface area contributed by atoms with E-state index in [4.69, 9.17) is 10.5 Å². The number of ether oxygens (including phenoxy) is 1. The molecule has 0 aliphatic heterocycles. The lowest BCUT2D eigenvalue weighted by atomic mass is 10.1. The summed E-state index contributed by atoms with van der Waals surface area (Å²) in [5.41, 5.74) is 4.47. The second kappa shape index (κ2) is 5.40. The number of nitrogens with two attached hydrogens (primary N) is 1. The second-order valence-electron chi connectivity index (χ2n) is 4.16. The maximum absolute atomic E-state index is 12.9. The van der Waals surface area contributed by atoms with Crippen molar-refractivity contribution >= 4 is 5.69 Å². The first-order valence-electron chi connectivity index (χ1n) is 5.70. The topological polar surface area (TPSA) is 35.2 Å². The van der Waals surface area contributed by atoms with Crippen LogP contribution in [0.3, 0.4) is 0 Å². The van der Waals surface area contributed by atoms with Gasteiger partial charge < -0.3 is 10.5 Å². The Balaban J connectivity index is 2.21. The van der Waals surface area contributed by atoms with Gasteiger partial charge in [0, 0.05) is 17.3 Å². The molecule has 0 radical (unpaired) electrons. The average Bonchev–Trinajstić information content (AvgIpc) is 2.36. The van der Waals surface area contributed by atoms with Gasteiger partial charge in [0.15, 0.2) is 0 Å². The summed E-state index contributed by atoms with van der Waals surface area (Å²) in [4.78, 5) is 0. The van der Waals surface area contributed by atoms with Crippen LogP contribution in [-0.2, 0) is 12.8 Å². The van der Waals surface area contributed by atoms with Crippen molar-refractivity contribution in [2.75, 3.05) is 5.73 Å². The summed E-state index contributed by atoms with van der Waals surface area (Å²) >= 11 is 0. The van der Waals surface area contributed by atoms with E-state index in [9.17, 15) is 17.6 Å². The number of anilines is 1. The first kappa shape index (κ1) is 14.2. The maximum atomic E-state index is 12.9. The van der Waals surface area contributed by atoms with Gasteiger partial charge in [-0.2, -0.15) is 13.2 Å². The highest BCUT2D eigenvalue weighted by atomic mass is 19.4. The highest BCUT2D eigenvalue weighted by Gasteiger charge is 2.33. The Morgan fingerprint density at radius 1 is 1.05 bits per heavy atom. The molecule has 106 valence electrons. The molecular formula is C14H11F4NO. The Morgan fingerprint density at radius 2 is 1.80 bits per heavy atom. The van der Waals surface area contributed by atoms with Crippen LogP contribution < -0.4 is 10.5 Å². The van der Waals surface area contributed by atoms with Crippen molar-refractivity contribution in [1.82, 2.24) is 0 Å². The van der Waals surface area contributed by atoms with Gasteiger partial charge in [-0.3, -0.25) is 0 Å². The number of alkyl halides is 3. The molecular weight excluding hydrogens is 274 g/mol. The van der Waals surface area contributed by atoms with Crippen molar-refractivity contribution in [2.45, 2.75) is 12.8 Å². The predicted molar refractivity (Wildman–Crippen MR) is 66.6 cm³/mol. The molecule has 0 aliphatic carbocycles. The number of rotatable bonds is 3. The molecule has 2 aromatic carbocycles. The van der Waals surface area contributed by atoms with Crippen molar-refractivity contribution in [3.63, 3.8) is 0 Å². The van der Waals surface area contributed by atoms with Gasteiger partial charge in [0.1, 0.15) is 18.2 Å². The van der Waals surface area contributed by atoms with E-state index in [1.165, 1.54) is 30.3 Å². The van der Waals surface area contributed by atoms with E-state index in [2.05, 4.69) is 0 Å². The van der Waals surface area contributed by atoms with Crippen LogP contribution in [0.1, 0.15) is 11.1 Å². The quantitative estimate of drug-likeness (QED) is 0.683. The van der Waals surface area contributed by atoms with Gasteiger partial charge in [-0.15, -0.1) is 0 Å². The minimum atomic E-state index is -4.52. The van der Waals surface area contributed by atoms with Crippen molar-refractivity contribution in [3.05, 3.63) is 59.4 Å². The number of halogens is 4. The zero-order valence-corrected chi connectivity index (χ0v) is 10.2. The van der Waals surface area contributed by atoms with Crippen LogP contribution in [0.25, 0.3) is 0 Å². The van der Waals surface area contributed by atoms with Gasteiger partial charge in [-0.1, -0.05) is 12.1 Å². The molecule has 2 N–H and O–H groups in total. The molecule has 0 saturated heterocycles. The van der Waals surface area contributed by atoms with Gasteiger partial charge >= 0.3 is 6.18 Å². The summed E-state index contributed by atoms with van der Waals surface area (Å²) in [6.07, 6.45) is -4.52. The molecule has 0 bridgehead atoms. The molecule has 2 rings (SSSR count). The number of benzene rings is 2. The van der Waals surface area contributed by atoms with Crippen molar-refractivity contribution in [2.24, 2.45) is 0 Å². The van der Waals surface area contributed by atoms with Gasteiger partial charge in [-0.05, 0) is 24.3 Å². The Labute approximate surface area is 112 Å². The van der Waals surface area contributed by atoms with Gasteiger partial charge in [0.05, 0.1) is 5.56 Å². The Kier molecular flexibility index (Phi) is 3.83. The molecule has 2 aromatic rings. The normalized spacial score (nSPS) is 11.4. The molecule has 0 spiro atoms. The van der Waals surface area contributed by atoms with Crippen molar-refractivity contribution < 1.29 is 22.3 Å². The Hall–Kier alpha value is -2.24. The maximum Gasteiger partial charge on any atom is 0.416 e. The van der Waals surface area contributed by atoms with Gasteiger partial charge in [-0.25, -0.2) is 4.39 Å². The molecule has 0 atom stereocenters. The molecule has 0 amide bonds. The molecule has 0 fully saturated rings. The van der Waals surface area contributed by atoms with Gasteiger partial charge in [0.25, 0.3) is 0 Å². The summed E-state index contributed by atoms with van der Waals surface area (Å²) in [6.45, 7) is -0.321. The lowest BCUT2D eigenvalue weighted by molar-refractivity contribution is -0.138. The van der Waals surface area contributed by atoms with Crippen LogP contribution in [0.4, 0.5) is 23.2 Å². The monoisotopic (exact) mass is 285 g/mol. The van der Waals surface area contributed by atoms with E-state index in [0.717, 1.165) is 12.1 Å². The fourth-order valence-corrected chi connectivity index (χ4v) is 1.70. The van der Waals surface area contributed by atoms with E-state index in [1.807, 2.05) is 0 Å². The van der Waals surface area contributed by atoms with Crippen LogP contribution in [-0.4, -0.2) is 0 Å². The lowest BCUT2D eigenvalue weighted by Crippen LogP contribution is -2.11. The lowest BCUT2D eigenvalue weighted by Gasteiger charge is -2.14. The molecule has 0 aliphatic rings. The molecule has 0 heterocycles. The smallest absolute Gasteiger partial charge is 0.416 e. The van der Waals surface area contributed by atoms with Crippen molar-refractivity contribution in [1.29, 1.82) is 0 Å².